The van der Waals surface area contributed by atoms with Crippen molar-refractivity contribution >= 4 is 5.91 Å². The van der Waals surface area contributed by atoms with Crippen LogP contribution in [0.3, 0.4) is 0 Å². The summed E-state index contributed by atoms with van der Waals surface area (Å²) in [6.45, 7) is 6.76. The van der Waals surface area contributed by atoms with Gasteiger partial charge in [0.1, 0.15) is 0 Å². The fourth-order valence-electron chi connectivity index (χ4n) is 1.38. The molecule has 0 aromatic carbocycles. The molecule has 3 nitrogen and oxygen atoms in total. The van der Waals surface area contributed by atoms with Gasteiger partial charge in [-0.05, 0) is 0 Å². The summed E-state index contributed by atoms with van der Waals surface area (Å²) in [4.78, 5) is 14.7. The van der Waals surface area contributed by atoms with Gasteiger partial charge in [-0.3, -0.25) is 4.79 Å². The Hall–Kier alpha value is -1.25. The first kappa shape index (κ1) is 10.8. The van der Waals surface area contributed by atoms with Crippen LogP contribution in [0.5, 0.6) is 0 Å². The maximum absolute atomic E-state index is 12.0. The Bertz CT molecular complexity index is 261. The lowest BCUT2D eigenvalue weighted by Crippen LogP contribution is -2.45. The summed E-state index contributed by atoms with van der Waals surface area (Å²) in [5.74, 6) is -1.79. The van der Waals surface area contributed by atoms with E-state index in [-0.39, 0.29) is 19.1 Å². The zero-order chi connectivity index (χ0) is 10.8. The molecule has 1 rings (SSSR count). The number of alkyl halides is 3. The summed E-state index contributed by atoms with van der Waals surface area (Å²) < 4.78 is 35.9. The summed E-state index contributed by atoms with van der Waals surface area (Å²) in [5, 5.41) is 0. The van der Waals surface area contributed by atoms with Crippen molar-refractivity contribution in [2.75, 3.05) is 13.1 Å². The maximum atomic E-state index is 12.0. The second-order valence-corrected chi connectivity index (χ2v) is 3.15. The molecule has 1 aliphatic heterocycles. The third kappa shape index (κ3) is 2.37. The number of halogens is 3. The summed E-state index contributed by atoms with van der Waals surface area (Å²) >= 11 is 0. The van der Waals surface area contributed by atoms with Gasteiger partial charge in [0, 0.05) is 25.9 Å². The lowest BCUT2D eigenvalue weighted by Gasteiger charge is -2.27. The van der Waals surface area contributed by atoms with Crippen molar-refractivity contribution in [3.8, 4) is 0 Å². The molecule has 1 saturated heterocycles. The van der Waals surface area contributed by atoms with E-state index in [0.29, 0.717) is 12.8 Å². The largest absolute Gasteiger partial charge is 0.471 e. The second-order valence-electron chi connectivity index (χ2n) is 3.15. The lowest BCUT2D eigenvalue weighted by atomic mass is 10.1. The molecule has 0 saturated carbocycles. The standard InChI is InChI=1S/C8H9F3N2O/c1-12-6-2-4-13(5-3-6)7(14)8(9,10)11/h6H,2-5H2. The van der Waals surface area contributed by atoms with Gasteiger partial charge in [-0.1, -0.05) is 0 Å². The molecular formula is C8H9F3N2O. The van der Waals surface area contributed by atoms with E-state index in [2.05, 4.69) is 4.85 Å². The van der Waals surface area contributed by atoms with Gasteiger partial charge >= 0.3 is 12.1 Å². The van der Waals surface area contributed by atoms with E-state index in [1.165, 1.54) is 0 Å². The first-order valence-electron chi connectivity index (χ1n) is 4.18. The van der Waals surface area contributed by atoms with Crippen LogP contribution in [0.4, 0.5) is 13.2 Å². The van der Waals surface area contributed by atoms with Crippen LogP contribution in [0.2, 0.25) is 0 Å². The van der Waals surface area contributed by atoms with Gasteiger partial charge in [0.25, 0.3) is 0 Å². The zero-order valence-electron chi connectivity index (χ0n) is 7.34. The number of carbonyl (C=O) groups is 1. The molecule has 1 heterocycles. The number of hydrogen-bond acceptors (Lipinski definition) is 1. The number of nitrogens with zero attached hydrogens (tertiary/aromatic N) is 2. The van der Waals surface area contributed by atoms with E-state index in [4.69, 9.17) is 6.57 Å². The molecule has 0 radical (unpaired) electrons. The highest BCUT2D eigenvalue weighted by atomic mass is 19.4. The van der Waals surface area contributed by atoms with E-state index >= 15 is 0 Å². The average Bonchev–Trinajstić information content (AvgIpc) is 2.15. The molecule has 0 N–H and O–H groups in total. The van der Waals surface area contributed by atoms with Crippen LogP contribution in [0, 0.1) is 6.57 Å². The van der Waals surface area contributed by atoms with Crippen molar-refractivity contribution in [1.82, 2.24) is 4.90 Å². The van der Waals surface area contributed by atoms with Crippen molar-refractivity contribution in [2.24, 2.45) is 0 Å². The summed E-state index contributed by atoms with van der Waals surface area (Å²) in [7, 11) is 0. The van der Waals surface area contributed by atoms with Gasteiger partial charge in [0.2, 0.25) is 6.04 Å². The lowest BCUT2D eigenvalue weighted by molar-refractivity contribution is -0.186. The minimum atomic E-state index is -4.79. The summed E-state index contributed by atoms with van der Waals surface area (Å²) in [6.07, 6.45) is -4.11. The first-order valence-corrected chi connectivity index (χ1v) is 4.18. The van der Waals surface area contributed by atoms with Gasteiger partial charge < -0.3 is 9.74 Å². The van der Waals surface area contributed by atoms with E-state index in [9.17, 15) is 18.0 Å². The molecule has 0 atom stereocenters. The first-order chi connectivity index (χ1) is 6.45. The highest BCUT2D eigenvalue weighted by Crippen LogP contribution is 2.22. The van der Waals surface area contributed by atoms with E-state index in [0.717, 1.165) is 4.90 Å². The Labute approximate surface area is 79.3 Å². The third-order valence-corrected chi connectivity index (χ3v) is 2.18. The van der Waals surface area contributed by atoms with Gasteiger partial charge in [-0.15, -0.1) is 0 Å². The van der Waals surface area contributed by atoms with Crippen LogP contribution in [0.15, 0.2) is 0 Å². The highest BCUT2D eigenvalue weighted by molar-refractivity contribution is 5.81. The Balaban J connectivity index is 2.51. The number of rotatable bonds is 0. The fourth-order valence-corrected chi connectivity index (χ4v) is 1.38. The fraction of sp³-hybridized carbons (Fsp3) is 0.750. The van der Waals surface area contributed by atoms with Gasteiger partial charge in [0.15, 0.2) is 0 Å². The summed E-state index contributed by atoms with van der Waals surface area (Å²) in [5.41, 5.74) is 0. The maximum Gasteiger partial charge on any atom is 0.471 e. The predicted octanol–water partition coefficient (Wildman–Crippen LogP) is 1.46. The van der Waals surface area contributed by atoms with Crippen LogP contribution >= 0.6 is 0 Å². The summed E-state index contributed by atoms with van der Waals surface area (Å²) in [6, 6.07) is -0.229. The quantitative estimate of drug-likeness (QED) is 0.550. The van der Waals surface area contributed by atoms with Crippen LogP contribution in [0.1, 0.15) is 12.8 Å². The SMILES string of the molecule is [C-]#[N+]C1CCN(C(=O)C(F)(F)F)CC1. The highest BCUT2D eigenvalue weighted by Gasteiger charge is 2.43. The van der Waals surface area contributed by atoms with Crippen LogP contribution in [-0.4, -0.2) is 36.1 Å². The molecule has 0 spiro atoms. The molecule has 0 aromatic rings. The number of carbonyl (C=O) groups excluding carboxylic acids is 1. The van der Waals surface area contributed by atoms with Crippen molar-refractivity contribution in [3.05, 3.63) is 11.4 Å². The second kappa shape index (κ2) is 3.86. The smallest absolute Gasteiger partial charge is 0.334 e. The van der Waals surface area contributed by atoms with Crippen molar-refractivity contribution in [1.29, 1.82) is 0 Å². The Morgan fingerprint density at radius 3 is 2.21 bits per heavy atom. The van der Waals surface area contributed by atoms with Gasteiger partial charge in [0.05, 0.1) is 0 Å². The monoisotopic (exact) mass is 206 g/mol. The molecule has 6 heteroatoms. The predicted molar refractivity (Wildman–Crippen MR) is 42.3 cm³/mol. The van der Waals surface area contributed by atoms with E-state index in [1.807, 2.05) is 0 Å². The number of piperidine rings is 1. The number of likely N-dealkylation sites (tertiary alicyclic amines) is 1. The molecule has 1 fully saturated rings. The molecule has 0 unspecified atom stereocenters. The van der Waals surface area contributed by atoms with Crippen LogP contribution in [0.25, 0.3) is 4.85 Å². The van der Waals surface area contributed by atoms with E-state index in [1.54, 1.807) is 0 Å². The molecule has 0 aromatic heterocycles. The number of hydrogen-bond donors (Lipinski definition) is 0. The molecule has 1 aliphatic rings. The molecule has 78 valence electrons. The van der Waals surface area contributed by atoms with Crippen LogP contribution < -0.4 is 0 Å². The van der Waals surface area contributed by atoms with Crippen LogP contribution in [-0.2, 0) is 4.79 Å². The third-order valence-electron chi connectivity index (χ3n) is 2.18. The minimum absolute atomic E-state index is 0.0331. The van der Waals surface area contributed by atoms with Gasteiger partial charge in [-0.2, -0.15) is 13.2 Å². The molecule has 0 aliphatic carbocycles. The molecular weight excluding hydrogens is 197 g/mol. The van der Waals surface area contributed by atoms with Crippen molar-refractivity contribution in [3.63, 3.8) is 0 Å². The minimum Gasteiger partial charge on any atom is -0.334 e. The normalized spacial score (nSPS) is 19.1. The Morgan fingerprint density at radius 1 is 1.36 bits per heavy atom. The average molecular weight is 206 g/mol. The topological polar surface area (TPSA) is 24.7 Å². The molecule has 0 bridgehead atoms. The molecule has 1 amide bonds. The van der Waals surface area contributed by atoms with Crippen molar-refractivity contribution < 1.29 is 18.0 Å². The van der Waals surface area contributed by atoms with Gasteiger partial charge in [-0.25, -0.2) is 6.57 Å². The Kier molecular flexibility index (Phi) is 2.99. The zero-order valence-corrected chi connectivity index (χ0v) is 7.34. The molecule has 14 heavy (non-hydrogen) atoms. The Morgan fingerprint density at radius 2 is 1.86 bits per heavy atom. The number of amides is 1. The van der Waals surface area contributed by atoms with E-state index < -0.39 is 12.1 Å². The van der Waals surface area contributed by atoms with Crippen molar-refractivity contribution in [2.45, 2.75) is 25.1 Å².